The maximum atomic E-state index is 12.9. The third-order valence-corrected chi connectivity index (χ3v) is 5.93. The largest absolute Gasteiger partial charge is 0.366 e. The molecular weight excluding hydrogens is 410 g/mol. The number of aryl methyl sites for hydroxylation is 1. The Kier molecular flexibility index (Phi) is 6.33. The predicted octanol–water partition coefficient (Wildman–Crippen LogP) is 4.80. The van der Waals surface area contributed by atoms with E-state index in [1.165, 1.54) is 0 Å². The van der Waals surface area contributed by atoms with Gasteiger partial charge < -0.3 is 10.6 Å². The van der Waals surface area contributed by atoms with E-state index in [0.717, 1.165) is 41.8 Å². The van der Waals surface area contributed by atoms with Gasteiger partial charge in [-0.15, -0.1) is 0 Å². The maximum Gasteiger partial charge on any atom is 0.248 e. The molecule has 1 aliphatic rings. The molecule has 1 aromatic heterocycles. The molecule has 1 saturated heterocycles. The first-order valence-electron chi connectivity index (χ1n) is 10.4. The fraction of sp³-hybridized carbons (Fsp3) is 0.240. The summed E-state index contributed by atoms with van der Waals surface area (Å²) in [6.07, 6.45) is 4.80. The van der Waals surface area contributed by atoms with Crippen LogP contribution in [0.5, 0.6) is 0 Å². The van der Waals surface area contributed by atoms with Crippen LogP contribution in [0.4, 0.5) is 0 Å². The number of likely N-dealkylation sites (tertiary alicyclic amines) is 1. The van der Waals surface area contributed by atoms with Crippen LogP contribution < -0.4 is 5.73 Å². The highest BCUT2D eigenvalue weighted by Crippen LogP contribution is 2.32. The second kappa shape index (κ2) is 9.31. The molecule has 0 radical (unpaired) electrons. The van der Waals surface area contributed by atoms with Gasteiger partial charge in [0.1, 0.15) is 0 Å². The molecule has 2 aromatic carbocycles. The number of carbonyl (C=O) groups is 2. The summed E-state index contributed by atoms with van der Waals surface area (Å²) in [5, 5.41) is 0.689. The Morgan fingerprint density at radius 3 is 2.65 bits per heavy atom. The standard InChI is InChI=1S/C25H24ClN3O2/c26-21-7-1-4-17(14-21)9-12-24(30)29-13-3-8-23(29)22-11-10-20(16-28-22)18-5-2-6-19(15-18)25(27)31/h1-2,4-7,10-11,14-16,23H,3,8-9,12-13H2,(H2,27,31)/t23-/m0/s1. The van der Waals surface area contributed by atoms with Gasteiger partial charge in [-0.05, 0) is 60.7 Å². The lowest BCUT2D eigenvalue weighted by atomic mass is 10.0. The van der Waals surface area contributed by atoms with E-state index in [-0.39, 0.29) is 11.9 Å². The Hall–Kier alpha value is -3.18. The number of hydrogen-bond acceptors (Lipinski definition) is 3. The summed E-state index contributed by atoms with van der Waals surface area (Å²) in [5.74, 6) is -0.313. The minimum absolute atomic E-state index is 0.00198. The lowest BCUT2D eigenvalue weighted by molar-refractivity contribution is -0.132. The molecule has 0 saturated carbocycles. The Bertz CT molecular complexity index is 1100. The molecule has 0 aliphatic carbocycles. The summed E-state index contributed by atoms with van der Waals surface area (Å²) in [4.78, 5) is 30.9. The molecule has 5 nitrogen and oxygen atoms in total. The maximum absolute atomic E-state index is 12.9. The number of nitrogens with zero attached hydrogens (tertiary/aromatic N) is 2. The lowest BCUT2D eigenvalue weighted by Crippen LogP contribution is -2.31. The lowest BCUT2D eigenvalue weighted by Gasteiger charge is -2.24. The summed E-state index contributed by atoms with van der Waals surface area (Å²) < 4.78 is 0. The first-order valence-corrected chi connectivity index (χ1v) is 10.8. The van der Waals surface area contributed by atoms with E-state index < -0.39 is 5.91 Å². The quantitative estimate of drug-likeness (QED) is 0.606. The number of hydrogen-bond donors (Lipinski definition) is 1. The molecule has 4 rings (SSSR count). The second-order valence-corrected chi connectivity index (χ2v) is 8.23. The fourth-order valence-electron chi connectivity index (χ4n) is 4.09. The first-order chi connectivity index (χ1) is 15.0. The van der Waals surface area contributed by atoms with Crippen molar-refractivity contribution >= 4 is 23.4 Å². The van der Waals surface area contributed by atoms with Crippen LogP contribution in [0.1, 0.15) is 46.9 Å². The zero-order valence-electron chi connectivity index (χ0n) is 17.1. The number of nitrogens with two attached hydrogens (primary N) is 1. The number of rotatable bonds is 6. The van der Waals surface area contributed by atoms with E-state index in [1.807, 2.05) is 47.4 Å². The molecule has 6 heteroatoms. The van der Waals surface area contributed by atoms with Gasteiger partial charge in [0.2, 0.25) is 11.8 Å². The summed E-state index contributed by atoms with van der Waals surface area (Å²) >= 11 is 6.05. The van der Waals surface area contributed by atoms with Gasteiger partial charge in [0.25, 0.3) is 0 Å². The van der Waals surface area contributed by atoms with Gasteiger partial charge in [0.15, 0.2) is 0 Å². The Morgan fingerprint density at radius 2 is 1.90 bits per heavy atom. The van der Waals surface area contributed by atoms with Crippen LogP contribution in [0.2, 0.25) is 5.02 Å². The molecule has 31 heavy (non-hydrogen) atoms. The Morgan fingerprint density at radius 1 is 1.06 bits per heavy atom. The van der Waals surface area contributed by atoms with E-state index in [9.17, 15) is 9.59 Å². The summed E-state index contributed by atoms with van der Waals surface area (Å²) in [7, 11) is 0. The summed E-state index contributed by atoms with van der Waals surface area (Å²) in [6.45, 7) is 0.753. The molecule has 158 valence electrons. The molecule has 1 atom stereocenters. The Balaban J connectivity index is 1.45. The van der Waals surface area contributed by atoms with Crippen LogP contribution in [-0.2, 0) is 11.2 Å². The van der Waals surface area contributed by atoms with Crippen molar-refractivity contribution in [2.45, 2.75) is 31.7 Å². The molecule has 1 aliphatic heterocycles. The van der Waals surface area contributed by atoms with Crippen molar-refractivity contribution < 1.29 is 9.59 Å². The van der Waals surface area contributed by atoms with Gasteiger partial charge in [0.05, 0.1) is 11.7 Å². The number of aromatic nitrogens is 1. The van der Waals surface area contributed by atoms with Crippen molar-refractivity contribution in [2.24, 2.45) is 5.73 Å². The van der Waals surface area contributed by atoms with Crippen LogP contribution >= 0.6 is 11.6 Å². The van der Waals surface area contributed by atoms with E-state index in [0.29, 0.717) is 23.4 Å². The minimum Gasteiger partial charge on any atom is -0.366 e. The van der Waals surface area contributed by atoms with Crippen molar-refractivity contribution in [2.75, 3.05) is 6.54 Å². The van der Waals surface area contributed by atoms with Crippen LogP contribution in [0, 0.1) is 0 Å². The molecule has 1 fully saturated rings. The Labute approximate surface area is 186 Å². The summed E-state index contributed by atoms with van der Waals surface area (Å²) in [5.41, 5.74) is 9.60. The van der Waals surface area contributed by atoms with E-state index >= 15 is 0 Å². The molecule has 2 amide bonds. The van der Waals surface area contributed by atoms with Gasteiger partial charge in [-0.3, -0.25) is 14.6 Å². The van der Waals surface area contributed by atoms with Crippen LogP contribution in [0.3, 0.4) is 0 Å². The highest BCUT2D eigenvalue weighted by Gasteiger charge is 2.30. The molecular formula is C25H24ClN3O2. The highest BCUT2D eigenvalue weighted by molar-refractivity contribution is 6.30. The second-order valence-electron chi connectivity index (χ2n) is 7.79. The number of primary amides is 1. The van der Waals surface area contributed by atoms with Crippen LogP contribution in [0.15, 0.2) is 66.9 Å². The van der Waals surface area contributed by atoms with Gasteiger partial charge in [-0.1, -0.05) is 41.9 Å². The van der Waals surface area contributed by atoms with E-state index in [1.54, 1.807) is 24.4 Å². The van der Waals surface area contributed by atoms with Crippen molar-refractivity contribution in [3.8, 4) is 11.1 Å². The third kappa shape index (κ3) is 4.94. The number of amides is 2. The van der Waals surface area contributed by atoms with Gasteiger partial charge >= 0.3 is 0 Å². The normalized spacial score (nSPS) is 15.8. The molecule has 0 bridgehead atoms. The third-order valence-electron chi connectivity index (χ3n) is 5.70. The van der Waals surface area contributed by atoms with E-state index in [4.69, 9.17) is 17.3 Å². The van der Waals surface area contributed by atoms with Gasteiger partial charge in [-0.25, -0.2) is 0 Å². The number of benzene rings is 2. The fourth-order valence-corrected chi connectivity index (χ4v) is 4.30. The zero-order valence-corrected chi connectivity index (χ0v) is 17.9. The average Bonchev–Trinajstić information content (AvgIpc) is 3.28. The van der Waals surface area contributed by atoms with Crippen LogP contribution in [0.25, 0.3) is 11.1 Å². The van der Waals surface area contributed by atoms with Gasteiger partial charge in [-0.2, -0.15) is 0 Å². The minimum atomic E-state index is -0.454. The SMILES string of the molecule is NC(=O)c1cccc(-c2ccc([C@@H]3CCCN3C(=O)CCc3cccc(Cl)c3)nc2)c1. The molecule has 3 aromatic rings. The molecule has 2 heterocycles. The monoisotopic (exact) mass is 433 g/mol. The van der Waals surface area contributed by atoms with Crippen LogP contribution in [-0.4, -0.2) is 28.2 Å². The predicted molar refractivity (Wildman–Crippen MR) is 122 cm³/mol. The van der Waals surface area contributed by atoms with E-state index in [2.05, 4.69) is 4.98 Å². The summed E-state index contributed by atoms with van der Waals surface area (Å²) in [6, 6.07) is 18.8. The van der Waals surface area contributed by atoms with Gasteiger partial charge in [0, 0.05) is 35.3 Å². The molecule has 0 unspecified atom stereocenters. The molecule has 2 N–H and O–H groups in total. The number of halogens is 1. The number of pyridine rings is 1. The highest BCUT2D eigenvalue weighted by atomic mass is 35.5. The zero-order chi connectivity index (χ0) is 21.8. The smallest absolute Gasteiger partial charge is 0.248 e. The van der Waals surface area contributed by atoms with Crippen molar-refractivity contribution in [3.05, 3.63) is 88.7 Å². The molecule has 0 spiro atoms. The first kappa shape index (κ1) is 21.1. The van der Waals surface area contributed by atoms with Crippen molar-refractivity contribution in [1.82, 2.24) is 9.88 Å². The van der Waals surface area contributed by atoms with Crippen molar-refractivity contribution in [3.63, 3.8) is 0 Å². The average molecular weight is 434 g/mol. The topological polar surface area (TPSA) is 76.3 Å². The van der Waals surface area contributed by atoms with Crippen molar-refractivity contribution in [1.29, 1.82) is 0 Å². The number of carbonyl (C=O) groups excluding carboxylic acids is 2.